The Morgan fingerprint density at radius 1 is 0.912 bits per heavy atom. The van der Waals surface area contributed by atoms with Gasteiger partial charge in [0.2, 0.25) is 5.13 Å². The molecule has 2 heterocycles. The Labute approximate surface area is 201 Å². The molecular formula is C26H21N5O2S. The second kappa shape index (κ2) is 9.36. The highest BCUT2D eigenvalue weighted by atomic mass is 32.1. The largest absolute Gasteiger partial charge is 0.457 e. The molecule has 0 spiro atoms. The molecule has 1 aliphatic rings. The first-order valence-electron chi connectivity index (χ1n) is 10.7. The van der Waals surface area contributed by atoms with Crippen LogP contribution in [0.2, 0.25) is 0 Å². The molecule has 3 aromatic carbocycles. The van der Waals surface area contributed by atoms with Gasteiger partial charge in [-0.1, -0.05) is 48.0 Å². The lowest BCUT2D eigenvalue weighted by atomic mass is 10.1. The Hall–Kier alpha value is -4.17. The van der Waals surface area contributed by atoms with Crippen molar-refractivity contribution in [3.05, 3.63) is 89.8 Å². The fraction of sp³-hybridized carbons (Fsp3) is 0.115. The van der Waals surface area contributed by atoms with Gasteiger partial charge in [-0.05, 0) is 50.2 Å². The van der Waals surface area contributed by atoms with Gasteiger partial charge < -0.3 is 4.74 Å². The van der Waals surface area contributed by atoms with Gasteiger partial charge in [-0.2, -0.15) is 20.3 Å². The van der Waals surface area contributed by atoms with Crippen LogP contribution in [0.25, 0.3) is 11.3 Å². The summed E-state index contributed by atoms with van der Waals surface area (Å²) in [6.45, 7) is 3.81. The number of hydrazone groups is 1. The Morgan fingerprint density at radius 2 is 1.62 bits per heavy atom. The summed E-state index contributed by atoms with van der Waals surface area (Å²) in [7, 11) is 0. The van der Waals surface area contributed by atoms with Gasteiger partial charge in [0.1, 0.15) is 11.5 Å². The minimum atomic E-state index is -0.771. The summed E-state index contributed by atoms with van der Waals surface area (Å²) in [4.78, 5) is 17.6. The lowest BCUT2D eigenvalue weighted by Crippen LogP contribution is -2.29. The number of aromatic nitrogens is 1. The molecule has 0 radical (unpaired) electrons. The van der Waals surface area contributed by atoms with E-state index in [0.717, 1.165) is 17.0 Å². The summed E-state index contributed by atoms with van der Waals surface area (Å²) >= 11 is 1.37. The van der Waals surface area contributed by atoms with Crippen LogP contribution in [0.5, 0.6) is 11.5 Å². The molecule has 0 saturated heterocycles. The first-order chi connectivity index (χ1) is 16.6. The number of hydrogen-bond acceptors (Lipinski definition) is 7. The lowest BCUT2D eigenvalue weighted by molar-refractivity contribution is -0.117. The third kappa shape index (κ3) is 4.62. The van der Waals surface area contributed by atoms with E-state index in [4.69, 9.17) is 4.74 Å². The van der Waals surface area contributed by atoms with Crippen molar-refractivity contribution in [1.29, 1.82) is 0 Å². The van der Waals surface area contributed by atoms with Crippen molar-refractivity contribution in [2.45, 2.75) is 19.9 Å². The zero-order chi connectivity index (χ0) is 23.5. The Kier molecular flexibility index (Phi) is 5.97. The summed E-state index contributed by atoms with van der Waals surface area (Å²) in [5.74, 6) is 1.18. The molecule has 1 atom stereocenters. The van der Waals surface area contributed by atoms with E-state index < -0.39 is 6.04 Å². The van der Waals surface area contributed by atoms with Gasteiger partial charge in [0, 0.05) is 10.9 Å². The molecule has 1 amide bonds. The molecule has 168 valence electrons. The SMILES string of the molecule is CC1=NN(c2nc(-c3ccc(C)cc3)cs2)C(=O)C1N=Nc1ccc(Oc2ccccc2)cc1. The average Bonchev–Trinajstić information content (AvgIpc) is 3.44. The second-order valence-corrected chi connectivity index (χ2v) is 8.64. The van der Waals surface area contributed by atoms with Crippen molar-refractivity contribution in [2.75, 3.05) is 5.01 Å². The Balaban J connectivity index is 1.26. The number of hydrogen-bond donors (Lipinski definition) is 0. The minimum Gasteiger partial charge on any atom is -0.457 e. The number of amides is 1. The van der Waals surface area contributed by atoms with E-state index in [9.17, 15) is 4.79 Å². The van der Waals surface area contributed by atoms with Crippen LogP contribution in [0.4, 0.5) is 10.8 Å². The van der Waals surface area contributed by atoms with Gasteiger partial charge in [-0.15, -0.1) is 11.3 Å². The first kappa shape index (κ1) is 21.7. The molecule has 7 nitrogen and oxygen atoms in total. The van der Waals surface area contributed by atoms with Gasteiger partial charge in [-0.3, -0.25) is 4.79 Å². The number of azo groups is 1. The van der Waals surface area contributed by atoms with E-state index in [1.165, 1.54) is 21.9 Å². The highest BCUT2D eigenvalue weighted by Gasteiger charge is 2.36. The van der Waals surface area contributed by atoms with Crippen molar-refractivity contribution in [3.63, 3.8) is 0 Å². The number of anilines is 1. The molecule has 34 heavy (non-hydrogen) atoms. The second-order valence-electron chi connectivity index (χ2n) is 7.80. The maximum atomic E-state index is 13.0. The van der Waals surface area contributed by atoms with E-state index in [1.807, 2.05) is 79.0 Å². The number of nitrogens with zero attached hydrogens (tertiary/aromatic N) is 5. The van der Waals surface area contributed by atoms with Crippen molar-refractivity contribution < 1.29 is 9.53 Å². The quantitative estimate of drug-likeness (QED) is 0.293. The molecular weight excluding hydrogens is 446 g/mol. The zero-order valence-corrected chi connectivity index (χ0v) is 19.4. The Bertz CT molecular complexity index is 1360. The fourth-order valence-corrected chi connectivity index (χ4v) is 4.16. The van der Waals surface area contributed by atoms with Crippen LogP contribution in [0.15, 0.2) is 99.6 Å². The number of para-hydroxylation sites is 1. The molecule has 0 fully saturated rings. The van der Waals surface area contributed by atoms with Crippen LogP contribution in [-0.2, 0) is 4.79 Å². The normalized spacial score (nSPS) is 15.7. The van der Waals surface area contributed by atoms with E-state index >= 15 is 0 Å². The highest BCUT2D eigenvalue weighted by molar-refractivity contribution is 7.14. The Morgan fingerprint density at radius 3 is 2.35 bits per heavy atom. The van der Waals surface area contributed by atoms with Gasteiger partial charge in [0.05, 0.1) is 17.1 Å². The summed E-state index contributed by atoms with van der Waals surface area (Å²) < 4.78 is 5.79. The number of carbonyl (C=O) groups is 1. The minimum absolute atomic E-state index is 0.268. The third-order valence-electron chi connectivity index (χ3n) is 5.22. The molecule has 1 aromatic heterocycles. The lowest BCUT2D eigenvalue weighted by Gasteiger charge is -2.08. The third-order valence-corrected chi connectivity index (χ3v) is 6.04. The van der Waals surface area contributed by atoms with Crippen LogP contribution >= 0.6 is 11.3 Å². The highest BCUT2D eigenvalue weighted by Crippen LogP contribution is 2.31. The average molecular weight is 468 g/mol. The van der Waals surface area contributed by atoms with E-state index in [1.54, 1.807) is 19.1 Å². The van der Waals surface area contributed by atoms with Crippen LogP contribution in [0, 0.1) is 6.92 Å². The monoisotopic (exact) mass is 467 g/mol. The number of benzene rings is 3. The number of ether oxygens (including phenoxy) is 1. The summed E-state index contributed by atoms with van der Waals surface area (Å²) in [5, 5.41) is 16.7. The van der Waals surface area contributed by atoms with Crippen molar-refractivity contribution in [2.24, 2.45) is 15.3 Å². The molecule has 1 aliphatic heterocycles. The van der Waals surface area contributed by atoms with Crippen LogP contribution in [-0.4, -0.2) is 22.6 Å². The number of rotatable bonds is 6. The van der Waals surface area contributed by atoms with Gasteiger partial charge >= 0.3 is 0 Å². The summed E-state index contributed by atoms with van der Waals surface area (Å²) in [5.41, 5.74) is 4.18. The van der Waals surface area contributed by atoms with E-state index in [-0.39, 0.29) is 5.91 Å². The maximum Gasteiger partial charge on any atom is 0.282 e. The van der Waals surface area contributed by atoms with Gasteiger partial charge in [0.25, 0.3) is 5.91 Å². The molecule has 4 aromatic rings. The number of aryl methyl sites for hydroxylation is 1. The molecule has 5 rings (SSSR count). The number of thiazole rings is 1. The zero-order valence-electron chi connectivity index (χ0n) is 18.6. The standard InChI is InChI=1S/C26H21N5O2S/c1-17-8-10-19(11-9-17)23-16-34-26(27-23)31-25(32)24(18(2)30-31)29-28-20-12-14-22(15-13-20)33-21-6-4-3-5-7-21/h3-16,24H,1-2H3. The van der Waals surface area contributed by atoms with Crippen molar-refractivity contribution >= 4 is 33.8 Å². The fourth-order valence-electron chi connectivity index (χ4n) is 3.37. The van der Waals surface area contributed by atoms with Crippen molar-refractivity contribution in [3.8, 4) is 22.8 Å². The maximum absolute atomic E-state index is 13.0. The smallest absolute Gasteiger partial charge is 0.282 e. The number of carbonyl (C=O) groups excluding carboxylic acids is 1. The van der Waals surface area contributed by atoms with Crippen LogP contribution in [0.1, 0.15) is 12.5 Å². The molecule has 0 saturated carbocycles. The molecule has 0 N–H and O–H groups in total. The van der Waals surface area contributed by atoms with Crippen LogP contribution < -0.4 is 9.75 Å². The predicted molar refractivity (Wildman–Crippen MR) is 134 cm³/mol. The van der Waals surface area contributed by atoms with Gasteiger partial charge in [0.15, 0.2) is 6.04 Å². The van der Waals surface area contributed by atoms with E-state index in [2.05, 4.69) is 20.3 Å². The first-order valence-corrected chi connectivity index (χ1v) is 11.6. The summed E-state index contributed by atoms with van der Waals surface area (Å²) in [6.07, 6.45) is 0. The topological polar surface area (TPSA) is 79.5 Å². The van der Waals surface area contributed by atoms with E-state index in [0.29, 0.717) is 22.3 Å². The summed E-state index contributed by atoms with van der Waals surface area (Å²) in [6, 6.07) is 24.1. The molecule has 0 aliphatic carbocycles. The molecule has 0 bridgehead atoms. The van der Waals surface area contributed by atoms with Crippen LogP contribution in [0.3, 0.4) is 0 Å². The predicted octanol–water partition coefficient (Wildman–Crippen LogP) is 6.79. The molecule has 8 heteroatoms. The molecule has 1 unspecified atom stereocenters. The van der Waals surface area contributed by atoms with Crippen molar-refractivity contribution in [1.82, 2.24) is 4.98 Å². The van der Waals surface area contributed by atoms with Gasteiger partial charge in [-0.25, -0.2) is 4.98 Å².